The molecule has 1 aromatic carbocycles. The molecule has 0 heterocycles. The van der Waals surface area contributed by atoms with Crippen LogP contribution in [-0.2, 0) is 6.42 Å². The van der Waals surface area contributed by atoms with Gasteiger partial charge in [-0.2, -0.15) is 0 Å². The van der Waals surface area contributed by atoms with Gasteiger partial charge in [0.25, 0.3) is 0 Å². The highest BCUT2D eigenvalue weighted by atomic mass is 16.2. The zero-order valence-electron chi connectivity index (χ0n) is 10.9. The minimum absolute atomic E-state index is 0.0900. The van der Waals surface area contributed by atoms with Gasteiger partial charge in [-0.1, -0.05) is 37.3 Å². The van der Waals surface area contributed by atoms with Crippen molar-refractivity contribution in [2.45, 2.75) is 39.2 Å². The zero-order chi connectivity index (χ0) is 12.7. The largest absolute Gasteiger partial charge is 0.338 e. The van der Waals surface area contributed by atoms with Gasteiger partial charge in [0.2, 0.25) is 0 Å². The van der Waals surface area contributed by atoms with Gasteiger partial charge in [0.05, 0.1) is 0 Å². The first-order valence-corrected chi connectivity index (χ1v) is 6.13. The second-order valence-corrected chi connectivity index (χ2v) is 4.93. The van der Waals surface area contributed by atoms with Crippen molar-refractivity contribution < 1.29 is 4.79 Å². The molecule has 0 aromatic heterocycles. The number of carbonyl (C=O) groups excluding carboxylic acids is 1. The van der Waals surface area contributed by atoms with Gasteiger partial charge in [-0.15, -0.1) is 0 Å². The first kappa shape index (κ1) is 13.6. The molecule has 2 amide bonds. The summed E-state index contributed by atoms with van der Waals surface area (Å²) in [6.45, 7) is 6.82. The van der Waals surface area contributed by atoms with E-state index in [1.54, 1.807) is 0 Å². The summed E-state index contributed by atoms with van der Waals surface area (Å²) in [5, 5.41) is 5.81. The number of hydrogen-bond donors (Lipinski definition) is 2. The molecular formula is C14H22N2O. The Hall–Kier alpha value is -1.51. The lowest BCUT2D eigenvalue weighted by Crippen LogP contribution is -2.49. The maximum absolute atomic E-state index is 11.6. The lowest BCUT2D eigenvalue weighted by Gasteiger charge is -2.26. The molecule has 1 aromatic rings. The fourth-order valence-electron chi connectivity index (χ4n) is 1.74. The molecule has 0 atom stereocenters. The van der Waals surface area contributed by atoms with E-state index >= 15 is 0 Å². The second kappa shape index (κ2) is 6.28. The summed E-state index contributed by atoms with van der Waals surface area (Å²) >= 11 is 0. The molecule has 17 heavy (non-hydrogen) atoms. The summed E-state index contributed by atoms with van der Waals surface area (Å²) in [6.07, 6.45) is 1.78. The normalized spacial score (nSPS) is 11.0. The quantitative estimate of drug-likeness (QED) is 0.808. The Morgan fingerprint density at radius 1 is 1.24 bits per heavy atom. The fraction of sp³-hybridized carbons (Fsp3) is 0.500. The highest BCUT2D eigenvalue weighted by Crippen LogP contribution is 2.12. The molecule has 3 heteroatoms. The number of carbonyl (C=O) groups is 1. The monoisotopic (exact) mass is 234 g/mol. The highest BCUT2D eigenvalue weighted by molar-refractivity contribution is 5.74. The van der Waals surface area contributed by atoms with Gasteiger partial charge in [0.15, 0.2) is 0 Å². The first-order chi connectivity index (χ1) is 8.03. The standard InChI is InChI=1S/C14H22N2O/c1-4-10-15-13(17)16-14(2,3)11-12-8-6-5-7-9-12/h5-9H,4,10-11H2,1-3H3,(H2,15,16,17). The van der Waals surface area contributed by atoms with E-state index in [2.05, 4.69) is 22.8 Å². The summed E-state index contributed by atoms with van der Waals surface area (Å²) in [4.78, 5) is 11.6. The molecule has 0 radical (unpaired) electrons. The van der Waals surface area contributed by atoms with E-state index in [1.807, 2.05) is 39.0 Å². The molecule has 0 spiro atoms. The summed E-state index contributed by atoms with van der Waals surface area (Å²) in [6, 6.07) is 10.1. The number of hydrogen-bond acceptors (Lipinski definition) is 1. The molecule has 2 N–H and O–H groups in total. The Labute approximate surface area is 104 Å². The van der Waals surface area contributed by atoms with Crippen LogP contribution in [0.2, 0.25) is 0 Å². The number of urea groups is 1. The van der Waals surface area contributed by atoms with Crippen molar-refractivity contribution in [1.82, 2.24) is 10.6 Å². The van der Waals surface area contributed by atoms with E-state index in [0.717, 1.165) is 12.8 Å². The molecule has 3 nitrogen and oxygen atoms in total. The Kier molecular flexibility index (Phi) is 5.01. The van der Waals surface area contributed by atoms with Gasteiger partial charge in [-0.3, -0.25) is 0 Å². The van der Waals surface area contributed by atoms with E-state index in [-0.39, 0.29) is 11.6 Å². The van der Waals surface area contributed by atoms with Crippen LogP contribution in [0, 0.1) is 0 Å². The Balaban J connectivity index is 2.48. The first-order valence-electron chi connectivity index (χ1n) is 6.13. The van der Waals surface area contributed by atoms with Crippen LogP contribution in [0.5, 0.6) is 0 Å². The molecule has 0 unspecified atom stereocenters. The molecule has 0 aliphatic heterocycles. The van der Waals surface area contributed by atoms with Crippen molar-refractivity contribution in [1.29, 1.82) is 0 Å². The third-order valence-corrected chi connectivity index (χ3v) is 2.48. The van der Waals surface area contributed by atoms with Gasteiger partial charge >= 0.3 is 6.03 Å². The predicted molar refractivity (Wildman–Crippen MR) is 71.1 cm³/mol. The van der Waals surface area contributed by atoms with Crippen LogP contribution in [0.1, 0.15) is 32.8 Å². The SMILES string of the molecule is CCCNC(=O)NC(C)(C)Cc1ccccc1. The Bertz CT molecular complexity index is 346. The number of rotatable bonds is 5. The van der Waals surface area contributed by atoms with Gasteiger partial charge in [0, 0.05) is 12.1 Å². The molecule has 0 saturated carbocycles. The van der Waals surface area contributed by atoms with Crippen molar-refractivity contribution in [2.75, 3.05) is 6.54 Å². The average Bonchev–Trinajstić information content (AvgIpc) is 2.26. The minimum atomic E-state index is -0.237. The van der Waals surface area contributed by atoms with E-state index in [4.69, 9.17) is 0 Å². The van der Waals surface area contributed by atoms with Gasteiger partial charge < -0.3 is 10.6 Å². The van der Waals surface area contributed by atoms with E-state index in [9.17, 15) is 4.79 Å². The third-order valence-electron chi connectivity index (χ3n) is 2.48. The van der Waals surface area contributed by atoms with Crippen LogP contribution >= 0.6 is 0 Å². The van der Waals surface area contributed by atoms with Crippen molar-refractivity contribution >= 4 is 6.03 Å². The number of nitrogens with one attached hydrogen (secondary N) is 2. The lowest BCUT2D eigenvalue weighted by molar-refractivity contribution is 0.229. The molecule has 0 bridgehead atoms. The second-order valence-electron chi connectivity index (χ2n) is 4.93. The van der Waals surface area contributed by atoms with Crippen LogP contribution in [-0.4, -0.2) is 18.1 Å². The van der Waals surface area contributed by atoms with Crippen LogP contribution in [0.25, 0.3) is 0 Å². The summed E-state index contributed by atoms with van der Waals surface area (Å²) in [7, 11) is 0. The van der Waals surface area contributed by atoms with Crippen molar-refractivity contribution in [2.24, 2.45) is 0 Å². The van der Waals surface area contributed by atoms with Crippen LogP contribution < -0.4 is 10.6 Å². The summed E-state index contributed by atoms with van der Waals surface area (Å²) < 4.78 is 0. The summed E-state index contributed by atoms with van der Waals surface area (Å²) in [5.41, 5.74) is 0.993. The highest BCUT2D eigenvalue weighted by Gasteiger charge is 2.20. The van der Waals surface area contributed by atoms with Crippen molar-refractivity contribution in [3.63, 3.8) is 0 Å². The predicted octanol–water partition coefficient (Wildman–Crippen LogP) is 2.72. The molecule has 94 valence electrons. The number of amides is 2. The van der Waals surface area contributed by atoms with E-state index in [1.165, 1.54) is 5.56 Å². The fourth-order valence-corrected chi connectivity index (χ4v) is 1.74. The van der Waals surface area contributed by atoms with Gasteiger partial charge in [0.1, 0.15) is 0 Å². The average molecular weight is 234 g/mol. The van der Waals surface area contributed by atoms with Gasteiger partial charge in [-0.25, -0.2) is 4.79 Å². The molecule has 0 fully saturated rings. The minimum Gasteiger partial charge on any atom is -0.338 e. The summed E-state index contributed by atoms with van der Waals surface area (Å²) in [5.74, 6) is 0. The third kappa shape index (κ3) is 5.38. The van der Waals surface area contributed by atoms with Gasteiger partial charge in [-0.05, 0) is 32.3 Å². The van der Waals surface area contributed by atoms with E-state index in [0.29, 0.717) is 6.54 Å². The van der Waals surface area contributed by atoms with Crippen LogP contribution in [0.4, 0.5) is 4.79 Å². The molecule has 1 rings (SSSR count). The van der Waals surface area contributed by atoms with Crippen LogP contribution in [0.15, 0.2) is 30.3 Å². The van der Waals surface area contributed by atoms with Crippen LogP contribution in [0.3, 0.4) is 0 Å². The maximum Gasteiger partial charge on any atom is 0.315 e. The number of benzene rings is 1. The zero-order valence-corrected chi connectivity index (χ0v) is 10.9. The molecule has 0 aliphatic carbocycles. The Morgan fingerprint density at radius 3 is 2.47 bits per heavy atom. The van der Waals surface area contributed by atoms with Crippen molar-refractivity contribution in [3.05, 3.63) is 35.9 Å². The molecule has 0 aliphatic rings. The molecule has 0 saturated heterocycles. The smallest absolute Gasteiger partial charge is 0.315 e. The molecular weight excluding hydrogens is 212 g/mol. The maximum atomic E-state index is 11.6. The van der Waals surface area contributed by atoms with E-state index < -0.39 is 0 Å². The lowest BCUT2D eigenvalue weighted by atomic mass is 9.95. The van der Waals surface area contributed by atoms with Crippen molar-refractivity contribution in [3.8, 4) is 0 Å². The Morgan fingerprint density at radius 2 is 1.88 bits per heavy atom. The topological polar surface area (TPSA) is 41.1 Å².